The van der Waals surface area contributed by atoms with E-state index in [0.717, 1.165) is 17.5 Å². The van der Waals surface area contributed by atoms with Gasteiger partial charge in [0.15, 0.2) is 0 Å². The molecule has 1 N–H and O–H groups in total. The van der Waals surface area contributed by atoms with Crippen molar-refractivity contribution >= 4 is 11.9 Å². The molecular formula is C13H15NO3. The number of benzene rings is 1. The zero-order valence-electron chi connectivity index (χ0n) is 9.99. The lowest BCUT2D eigenvalue weighted by Gasteiger charge is -2.27. The molecule has 0 radical (unpaired) electrons. The lowest BCUT2D eigenvalue weighted by Crippen LogP contribution is -2.40. The summed E-state index contributed by atoms with van der Waals surface area (Å²) in [6.07, 6.45) is 0.732. The van der Waals surface area contributed by atoms with E-state index < -0.39 is 5.97 Å². The summed E-state index contributed by atoms with van der Waals surface area (Å²) in [5, 5.41) is 8.74. The van der Waals surface area contributed by atoms with Gasteiger partial charge in [0.05, 0.1) is 0 Å². The fourth-order valence-electron chi connectivity index (χ4n) is 2.12. The molecule has 2 rings (SSSR count). The van der Waals surface area contributed by atoms with Crippen LogP contribution in [0.1, 0.15) is 27.0 Å². The number of carboxylic acids is 1. The molecule has 90 valence electrons. The highest BCUT2D eigenvalue weighted by atomic mass is 16.4. The maximum absolute atomic E-state index is 12.1. The normalized spacial score (nSPS) is 14.7. The molecule has 0 aromatic heterocycles. The van der Waals surface area contributed by atoms with E-state index in [2.05, 4.69) is 0 Å². The minimum Gasteiger partial charge on any atom is -0.480 e. The molecule has 0 aliphatic carbocycles. The van der Waals surface area contributed by atoms with Gasteiger partial charge < -0.3 is 10.0 Å². The molecule has 17 heavy (non-hydrogen) atoms. The third-order valence-corrected chi connectivity index (χ3v) is 3.21. The summed E-state index contributed by atoms with van der Waals surface area (Å²) in [7, 11) is 0. The summed E-state index contributed by atoms with van der Waals surface area (Å²) in [6.45, 7) is 4.24. The van der Waals surface area contributed by atoms with E-state index in [-0.39, 0.29) is 12.5 Å². The molecule has 1 heterocycles. The molecular weight excluding hydrogens is 218 g/mol. The fraction of sp³-hybridized carbons (Fsp3) is 0.385. The number of amides is 1. The van der Waals surface area contributed by atoms with Crippen LogP contribution in [0.2, 0.25) is 0 Å². The summed E-state index contributed by atoms with van der Waals surface area (Å²) in [4.78, 5) is 24.1. The number of hydrogen-bond donors (Lipinski definition) is 1. The first-order valence-corrected chi connectivity index (χ1v) is 5.60. The molecule has 1 amide bonds. The zero-order valence-corrected chi connectivity index (χ0v) is 9.99. The zero-order chi connectivity index (χ0) is 12.6. The summed E-state index contributed by atoms with van der Waals surface area (Å²) in [6, 6.07) is 3.89. The smallest absolute Gasteiger partial charge is 0.323 e. The Balaban J connectivity index is 2.35. The van der Waals surface area contributed by atoms with Crippen LogP contribution in [-0.2, 0) is 11.2 Å². The molecule has 4 heteroatoms. The first-order valence-electron chi connectivity index (χ1n) is 5.60. The summed E-state index contributed by atoms with van der Waals surface area (Å²) < 4.78 is 0. The highest BCUT2D eigenvalue weighted by Gasteiger charge is 2.26. The molecule has 0 saturated carbocycles. The summed E-state index contributed by atoms with van der Waals surface area (Å²) in [5.41, 5.74) is 3.91. The van der Waals surface area contributed by atoms with Gasteiger partial charge in [0.25, 0.3) is 5.91 Å². The van der Waals surface area contributed by atoms with Gasteiger partial charge in [-0.05, 0) is 43.0 Å². The molecule has 0 atom stereocenters. The molecule has 1 aliphatic heterocycles. The first kappa shape index (κ1) is 11.6. The predicted octanol–water partition coefficient (Wildman–Crippen LogP) is 1.39. The van der Waals surface area contributed by atoms with Gasteiger partial charge in [-0.3, -0.25) is 9.59 Å². The second-order valence-electron chi connectivity index (χ2n) is 4.46. The predicted molar refractivity (Wildman–Crippen MR) is 63.2 cm³/mol. The van der Waals surface area contributed by atoms with Crippen LogP contribution < -0.4 is 0 Å². The third-order valence-electron chi connectivity index (χ3n) is 3.21. The van der Waals surface area contributed by atoms with E-state index in [1.165, 1.54) is 10.5 Å². The Morgan fingerprint density at radius 2 is 2.00 bits per heavy atom. The van der Waals surface area contributed by atoms with Crippen LogP contribution in [0.4, 0.5) is 0 Å². The lowest BCUT2D eigenvalue weighted by molar-refractivity contribution is -0.137. The minimum atomic E-state index is -0.967. The molecule has 0 unspecified atom stereocenters. The van der Waals surface area contributed by atoms with Crippen molar-refractivity contribution in [3.63, 3.8) is 0 Å². The molecule has 1 aliphatic rings. The Morgan fingerprint density at radius 1 is 1.35 bits per heavy atom. The van der Waals surface area contributed by atoms with Crippen molar-refractivity contribution in [2.45, 2.75) is 20.3 Å². The van der Waals surface area contributed by atoms with Gasteiger partial charge in [-0.2, -0.15) is 0 Å². The highest BCUT2D eigenvalue weighted by molar-refractivity contribution is 5.98. The van der Waals surface area contributed by atoms with Crippen molar-refractivity contribution in [1.29, 1.82) is 0 Å². The molecule has 4 nitrogen and oxygen atoms in total. The van der Waals surface area contributed by atoms with Crippen LogP contribution in [0.15, 0.2) is 12.1 Å². The average molecular weight is 233 g/mol. The Bertz CT molecular complexity index is 494. The first-order chi connectivity index (χ1) is 7.99. The number of hydrogen-bond acceptors (Lipinski definition) is 2. The Labute approximate surface area is 99.9 Å². The number of fused-ring (bicyclic) bond motifs is 1. The average Bonchev–Trinajstić information content (AvgIpc) is 2.25. The van der Waals surface area contributed by atoms with Gasteiger partial charge in [0, 0.05) is 12.1 Å². The van der Waals surface area contributed by atoms with E-state index in [0.29, 0.717) is 12.1 Å². The van der Waals surface area contributed by atoms with Gasteiger partial charge in [-0.1, -0.05) is 6.07 Å². The van der Waals surface area contributed by atoms with Crippen LogP contribution in [0, 0.1) is 13.8 Å². The second-order valence-corrected chi connectivity index (χ2v) is 4.46. The third kappa shape index (κ3) is 2.16. The standard InChI is InChI=1S/C13H15NO3/c1-8-5-10-3-4-14(7-12(15)16)13(17)11(10)6-9(8)2/h5-6H,3-4,7H2,1-2H3,(H,15,16). The number of rotatable bonds is 2. The Kier molecular flexibility index (Phi) is 2.88. The van der Waals surface area contributed by atoms with Gasteiger partial charge in [-0.15, -0.1) is 0 Å². The van der Waals surface area contributed by atoms with Crippen LogP contribution in [0.3, 0.4) is 0 Å². The summed E-state index contributed by atoms with van der Waals surface area (Å²) >= 11 is 0. The molecule has 0 fully saturated rings. The minimum absolute atomic E-state index is 0.170. The molecule has 0 spiro atoms. The van der Waals surface area contributed by atoms with Gasteiger partial charge in [0.2, 0.25) is 0 Å². The maximum Gasteiger partial charge on any atom is 0.323 e. The number of nitrogens with zero attached hydrogens (tertiary/aromatic N) is 1. The van der Waals surface area contributed by atoms with Gasteiger partial charge in [-0.25, -0.2) is 0 Å². The van der Waals surface area contributed by atoms with Gasteiger partial charge in [0.1, 0.15) is 6.54 Å². The van der Waals surface area contributed by atoms with Crippen LogP contribution >= 0.6 is 0 Å². The van der Waals surface area contributed by atoms with Crippen molar-refractivity contribution < 1.29 is 14.7 Å². The van der Waals surface area contributed by atoms with E-state index in [4.69, 9.17) is 5.11 Å². The van der Waals surface area contributed by atoms with Crippen molar-refractivity contribution in [3.8, 4) is 0 Å². The largest absolute Gasteiger partial charge is 0.480 e. The lowest BCUT2D eigenvalue weighted by atomic mass is 9.94. The van der Waals surface area contributed by atoms with Crippen molar-refractivity contribution in [1.82, 2.24) is 4.90 Å². The molecule has 0 bridgehead atoms. The number of aryl methyl sites for hydroxylation is 2. The topological polar surface area (TPSA) is 57.6 Å². The monoisotopic (exact) mass is 233 g/mol. The highest BCUT2D eigenvalue weighted by Crippen LogP contribution is 2.22. The van der Waals surface area contributed by atoms with Crippen molar-refractivity contribution in [2.75, 3.05) is 13.1 Å². The second kappa shape index (κ2) is 4.20. The number of carbonyl (C=O) groups excluding carboxylic acids is 1. The van der Waals surface area contributed by atoms with E-state index in [1.807, 2.05) is 26.0 Å². The number of aliphatic carboxylic acids is 1. The van der Waals surface area contributed by atoms with Crippen molar-refractivity contribution in [3.05, 3.63) is 34.4 Å². The number of carbonyl (C=O) groups is 2. The molecule has 0 saturated heterocycles. The van der Waals surface area contributed by atoms with Crippen LogP contribution in [0.25, 0.3) is 0 Å². The fourth-order valence-corrected chi connectivity index (χ4v) is 2.12. The van der Waals surface area contributed by atoms with Gasteiger partial charge >= 0.3 is 5.97 Å². The quantitative estimate of drug-likeness (QED) is 0.839. The molecule has 1 aromatic rings. The van der Waals surface area contributed by atoms with Crippen LogP contribution in [0.5, 0.6) is 0 Å². The summed E-state index contributed by atoms with van der Waals surface area (Å²) in [5.74, 6) is -1.14. The van der Waals surface area contributed by atoms with Crippen LogP contribution in [-0.4, -0.2) is 35.0 Å². The van der Waals surface area contributed by atoms with E-state index in [1.54, 1.807) is 0 Å². The Hall–Kier alpha value is -1.84. The Morgan fingerprint density at radius 3 is 2.65 bits per heavy atom. The van der Waals surface area contributed by atoms with Crippen molar-refractivity contribution in [2.24, 2.45) is 0 Å². The van der Waals surface area contributed by atoms with E-state index in [9.17, 15) is 9.59 Å². The molecule has 1 aromatic carbocycles. The SMILES string of the molecule is Cc1cc2c(cc1C)C(=O)N(CC(=O)O)CC2. The number of carboxylic acid groups (broad SMARTS) is 1. The maximum atomic E-state index is 12.1. The van der Waals surface area contributed by atoms with E-state index >= 15 is 0 Å².